The molecule has 2 amide bonds. The van der Waals surface area contributed by atoms with Crippen LogP contribution >= 0.6 is 0 Å². The molecule has 4 N–H and O–H groups in total. The minimum atomic E-state index is -4.63. The number of nitrogens with one attached hydrogen (secondary N) is 2. The van der Waals surface area contributed by atoms with E-state index >= 15 is 0 Å². The van der Waals surface area contributed by atoms with Gasteiger partial charge in [-0.05, 0) is 37.4 Å². The number of nitrogens with two attached hydrogens (primary N) is 1. The fourth-order valence-electron chi connectivity index (χ4n) is 2.95. The van der Waals surface area contributed by atoms with E-state index in [0.717, 1.165) is 31.4 Å². The summed E-state index contributed by atoms with van der Waals surface area (Å²) in [5.74, 6) is -1.16. The van der Waals surface area contributed by atoms with E-state index in [1.54, 1.807) is 0 Å². The number of hydrogen-bond acceptors (Lipinski definition) is 3. The molecule has 132 valence electrons. The second-order valence-electron chi connectivity index (χ2n) is 5.83. The molecule has 2 unspecified atom stereocenters. The minimum absolute atomic E-state index is 0.0399. The zero-order valence-electron chi connectivity index (χ0n) is 13.0. The maximum Gasteiger partial charge on any atom is 0.417 e. The van der Waals surface area contributed by atoms with E-state index in [1.807, 2.05) is 0 Å². The zero-order valence-corrected chi connectivity index (χ0v) is 13.0. The second-order valence-corrected chi connectivity index (χ2v) is 5.83. The van der Waals surface area contributed by atoms with Gasteiger partial charge in [0.05, 0.1) is 17.7 Å². The van der Waals surface area contributed by atoms with Crippen LogP contribution in [0.1, 0.15) is 35.2 Å². The third-order valence-electron chi connectivity index (χ3n) is 4.19. The van der Waals surface area contributed by atoms with Crippen molar-refractivity contribution in [3.05, 3.63) is 35.4 Å². The summed E-state index contributed by atoms with van der Waals surface area (Å²) in [6, 6.07) is 4.42. The molecular formula is C16H20F3N3O2. The van der Waals surface area contributed by atoms with Crippen molar-refractivity contribution < 1.29 is 22.8 Å². The molecule has 1 fully saturated rings. The molecule has 5 nitrogen and oxygen atoms in total. The summed E-state index contributed by atoms with van der Waals surface area (Å²) in [6.07, 6.45) is -1.91. The molecule has 1 saturated carbocycles. The Kier molecular flexibility index (Phi) is 5.82. The summed E-state index contributed by atoms with van der Waals surface area (Å²) in [5.41, 5.74) is 4.10. The van der Waals surface area contributed by atoms with Gasteiger partial charge in [-0.15, -0.1) is 0 Å². The maximum atomic E-state index is 12.9. The molecule has 8 heteroatoms. The Bertz CT molecular complexity index is 604. The van der Waals surface area contributed by atoms with Gasteiger partial charge >= 0.3 is 6.18 Å². The first-order valence-corrected chi connectivity index (χ1v) is 7.76. The smallest absolute Gasteiger partial charge is 0.352 e. The van der Waals surface area contributed by atoms with E-state index in [0.29, 0.717) is 6.54 Å². The molecule has 0 bridgehead atoms. The summed E-state index contributed by atoms with van der Waals surface area (Å²) in [4.78, 5) is 23.9. The van der Waals surface area contributed by atoms with Crippen molar-refractivity contribution in [3.8, 4) is 0 Å². The average molecular weight is 343 g/mol. The fourth-order valence-corrected chi connectivity index (χ4v) is 2.95. The van der Waals surface area contributed by atoms with Gasteiger partial charge in [0.25, 0.3) is 5.91 Å². The third-order valence-corrected chi connectivity index (χ3v) is 4.19. The Hall–Kier alpha value is -2.09. The number of amides is 2. The molecule has 24 heavy (non-hydrogen) atoms. The number of halogens is 3. The Morgan fingerprint density at radius 1 is 1.21 bits per heavy atom. The lowest BCUT2D eigenvalue weighted by molar-refractivity contribution is -0.137. The molecule has 0 aliphatic heterocycles. The van der Waals surface area contributed by atoms with Gasteiger partial charge in [-0.1, -0.05) is 18.6 Å². The van der Waals surface area contributed by atoms with Crippen LogP contribution in [0.15, 0.2) is 24.3 Å². The van der Waals surface area contributed by atoms with E-state index < -0.39 is 29.1 Å². The van der Waals surface area contributed by atoms with E-state index in [1.165, 1.54) is 12.1 Å². The highest BCUT2D eigenvalue weighted by Gasteiger charge is 2.35. The lowest BCUT2D eigenvalue weighted by atomic mass is 10.0. The van der Waals surface area contributed by atoms with Crippen molar-refractivity contribution in [3.63, 3.8) is 0 Å². The highest BCUT2D eigenvalue weighted by molar-refractivity contribution is 5.97. The van der Waals surface area contributed by atoms with Crippen LogP contribution in [0.4, 0.5) is 13.2 Å². The molecule has 0 spiro atoms. The van der Waals surface area contributed by atoms with E-state index in [4.69, 9.17) is 5.73 Å². The summed E-state index contributed by atoms with van der Waals surface area (Å²) in [5, 5.41) is 5.01. The SMILES string of the molecule is NCC1CCCC1NC(=O)CNC(=O)c1ccccc1C(F)(F)F. The van der Waals surface area contributed by atoms with Crippen molar-refractivity contribution >= 4 is 11.8 Å². The zero-order chi connectivity index (χ0) is 17.7. The van der Waals surface area contributed by atoms with Crippen LogP contribution in [0.5, 0.6) is 0 Å². The Morgan fingerprint density at radius 2 is 1.92 bits per heavy atom. The fraction of sp³-hybridized carbons (Fsp3) is 0.500. The molecular weight excluding hydrogens is 323 g/mol. The van der Waals surface area contributed by atoms with Crippen molar-refractivity contribution in [2.45, 2.75) is 31.5 Å². The van der Waals surface area contributed by atoms with Crippen molar-refractivity contribution in [1.29, 1.82) is 0 Å². The number of hydrogen-bond donors (Lipinski definition) is 3. The van der Waals surface area contributed by atoms with Crippen LogP contribution in [-0.4, -0.2) is 30.9 Å². The molecule has 1 aliphatic carbocycles. The predicted molar refractivity (Wildman–Crippen MR) is 82.1 cm³/mol. The standard InChI is InChI=1S/C16H20F3N3O2/c17-16(18,19)12-6-2-1-5-11(12)15(24)21-9-14(23)22-13-7-3-4-10(13)8-20/h1-2,5-6,10,13H,3-4,7-9,20H2,(H,21,24)(H,22,23). The van der Waals surface area contributed by atoms with Crippen LogP contribution in [0.3, 0.4) is 0 Å². The summed E-state index contributed by atoms with van der Waals surface area (Å²) < 4.78 is 38.7. The summed E-state index contributed by atoms with van der Waals surface area (Å²) in [7, 11) is 0. The third kappa shape index (κ3) is 4.47. The van der Waals surface area contributed by atoms with E-state index in [9.17, 15) is 22.8 Å². The Labute approximate surface area is 137 Å². The van der Waals surface area contributed by atoms with Gasteiger partial charge < -0.3 is 16.4 Å². The molecule has 0 saturated heterocycles. The second kappa shape index (κ2) is 7.65. The lowest BCUT2D eigenvalue weighted by Gasteiger charge is -2.19. The van der Waals surface area contributed by atoms with Crippen molar-refractivity contribution in [2.75, 3.05) is 13.1 Å². The van der Waals surface area contributed by atoms with E-state index in [2.05, 4.69) is 10.6 Å². The normalized spacial score (nSPS) is 20.7. The number of carbonyl (C=O) groups excluding carboxylic acids is 2. The van der Waals surface area contributed by atoms with Gasteiger partial charge in [-0.2, -0.15) is 13.2 Å². The molecule has 0 radical (unpaired) electrons. The monoisotopic (exact) mass is 343 g/mol. The van der Waals surface area contributed by atoms with Gasteiger partial charge in [0.2, 0.25) is 5.91 Å². The topological polar surface area (TPSA) is 84.2 Å². The van der Waals surface area contributed by atoms with Crippen LogP contribution in [-0.2, 0) is 11.0 Å². The average Bonchev–Trinajstić information content (AvgIpc) is 2.99. The quantitative estimate of drug-likeness (QED) is 0.760. The summed E-state index contributed by atoms with van der Waals surface area (Å²) in [6.45, 7) is 0.0923. The Balaban J connectivity index is 1.93. The van der Waals surface area contributed by atoms with Crippen molar-refractivity contribution in [1.82, 2.24) is 10.6 Å². The molecule has 0 heterocycles. The van der Waals surface area contributed by atoms with E-state index in [-0.39, 0.29) is 18.5 Å². The minimum Gasteiger partial charge on any atom is -0.352 e. The number of rotatable bonds is 5. The van der Waals surface area contributed by atoms with Gasteiger partial charge in [0, 0.05) is 6.04 Å². The summed E-state index contributed by atoms with van der Waals surface area (Å²) >= 11 is 0. The first-order valence-electron chi connectivity index (χ1n) is 7.76. The highest BCUT2D eigenvalue weighted by Crippen LogP contribution is 2.31. The van der Waals surface area contributed by atoms with Crippen LogP contribution in [0, 0.1) is 5.92 Å². The lowest BCUT2D eigenvalue weighted by Crippen LogP contribution is -2.44. The van der Waals surface area contributed by atoms with Gasteiger partial charge in [0.1, 0.15) is 0 Å². The number of alkyl halides is 3. The van der Waals surface area contributed by atoms with Gasteiger partial charge in [-0.3, -0.25) is 9.59 Å². The molecule has 0 aromatic heterocycles. The van der Waals surface area contributed by atoms with Crippen LogP contribution in [0.25, 0.3) is 0 Å². The number of carbonyl (C=O) groups is 2. The van der Waals surface area contributed by atoms with Crippen LogP contribution in [0.2, 0.25) is 0 Å². The maximum absolute atomic E-state index is 12.9. The van der Waals surface area contributed by atoms with Crippen LogP contribution < -0.4 is 16.4 Å². The van der Waals surface area contributed by atoms with Gasteiger partial charge in [-0.25, -0.2) is 0 Å². The largest absolute Gasteiger partial charge is 0.417 e. The molecule has 1 aromatic rings. The first-order chi connectivity index (χ1) is 11.3. The highest BCUT2D eigenvalue weighted by atomic mass is 19.4. The predicted octanol–water partition coefficient (Wildman–Crippen LogP) is 1.68. The van der Waals surface area contributed by atoms with Gasteiger partial charge in [0.15, 0.2) is 0 Å². The molecule has 1 aromatic carbocycles. The molecule has 2 rings (SSSR count). The number of benzene rings is 1. The van der Waals surface area contributed by atoms with Crippen molar-refractivity contribution in [2.24, 2.45) is 11.7 Å². The molecule has 2 atom stereocenters. The Morgan fingerprint density at radius 3 is 2.58 bits per heavy atom. The first kappa shape index (κ1) is 18.3. The molecule has 1 aliphatic rings.